The zero-order valence-electron chi connectivity index (χ0n) is 29.7. The summed E-state index contributed by atoms with van der Waals surface area (Å²) in [6, 6.07) is 12.6. The standard InChI is InChI=1S/C37H46FN7O4S/c1-8-27(19-36(4,5)6)45(22-31-39-20-28(21-40-31)44-16-15-37(7,38)23-44)34(47)26-13-10-14-29(17-26)50(48,49)43-35-41-30(18-32(46)42-35)33-24(2)11-9-12-25(33)3/h9-14,17-18,20-21,27H,8,15-16,19,22-23H2,1-7H3,(H2,41,42,43,46)/t27-,37-/m0/s1. The number of benzene rings is 2. The Morgan fingerprint density at radius 1 is 1.10 bits per heavy atom. The number of halogens is 1. The average molecular weight is 704 g/mol. The van der Waals surface area contributed by atoms with E-state index in [2.05, 4.69) is 45.4 Å². The minimum absolute atomic E-state index is 0.0972. The summed E-state index contributed by atoms with van der Waals surface area (Å²) in [5.41, 5.74) is 1.85. The van der Waals surface area contributed by atoms with Crippen LogP contribution in [0.5, 0.6) is 0 Å². The van der Waals surface area contributed by atoms with Crippen LogP contribution in [0.4, 0.5) is 16.0 Å². The lowest BCUT2D eigenvalue weighted by atomic mass is 9.86. The monoisotopic (exact) mass is 703 g/mol. The maximum Gasteiger partial charge on any atom is 0.264 e. The smallest absolute Gasteiger partial charge is 0.264 e. The van der Waals surface area contributed by atoms with Crippen molar-refractivity contribution in [2.24, 2.45) is 5.41 Å². The summed E-state index contributed by atoms with van der Waals surface area (Å²) >= 11 is 0. The van der Waals surface area contributed by atoms with E-state index in [9.17, 15) is 22.4 Å². The van der Waals surface area contributed by atoms with Crippen LogP contribution in [0.2, 0.25) is 0 Å². The third-order valence-electron chi connectivity index (χ3n) is 8.91. The van der Waals surface area contributed by atoms with Crippen molar-refractivity contribution in [1.29, 1.82) is 0 Å². The van der Waals surface area contributed by atoms with Gasteiger partial charge in [0, 0.05) is 36.2 Å². The van der Waals surface area contributed by atoms with E-state index in [0.717, 1.165) is 22.4 Å². The quantitative estimate of drug-likeness (QED) is 0.182. The Labute approximate surface area is 293 Å². The summed E-state index contributed by atoms with van der Waals surface area (Å²) in [6.07, 6.45) is 5.08. The second kappa shape index (κ2) is 14.3. The fourth-order valence-electron chi connectivity index (χ4n) is 6.44. The number of carbonyl (C=O) groups is 1. The molecule has 0 aliphatic carbocycles. The van der Waals surface area contributed by atoms with Gasteiger partial charge in [0.2, 0.25) is 5.95 Å². The summed E-state index contributed by atoms with van der Waals surface area (Å²) in [5.74, 6) is -0.196. The lowest BCUT2D eigenvalue weighted by molar-refractivity contribution is 0.0595. The van der Waals surface area contributed by atoms with Crippen molar-refractivity contribution in [2.45, 2.75) is 90.9 Å². The number of nitrogens with one attached hydrogen (secondary N) is 2. The summed E-state index contributed by atoms with van der Waals surface area (Å²) in [4.78, 5) is 46.3. The second-order valence-corrected chi connectivity index (χ2v) is 16.3. The molecule has 2 N–H and O–H groups in total. The van der Waals surface area contributed by atoms with E-state index in [-0.39, 0.29) is 46.9 Å². The van der Waals surface area contributed by atoms with Crippen LogP contribution in [0.1, 0.15) is 81.2 Å². The molecule has 0 spiro atoms. The van der Waals surface area contributed by atoms with Gasteiger partial charge in [-0.1, -0.05) is 52.0 Å². The number of amides is 1. The molecule has 2 aromatic carbocycles. The van der Waals surface area contributed by atoms with Crippen molar-refractivity contribution in [3.05, 3.63) is 93.8 Å². The molecular formula is C37H46FN7O4S. The van der Waals surface area contributed by atoms with Crippen LogP contribution in [0.25, 0.3) is 11.3 Å². The first-order chi connectivity index (χ1) is 23.4. The molecule has 0 radical (unpaired) electrons. The molecule has 3 heterocycles. The molecule has 2 atom stereocenters. The molecule has 0 bridgehead atoms. The predicted molar refractivity (Wildman–Crippen MR) is 193 cm³/mol. The molecular weight excluding hydrogens is 658 g/mol. The highest BCUT2D eigenvalue weighted by Gasteiger charge is 2.34. The minimum atomic E-state index is -4.28. The SMILES string of the molecule is CC[C@@H](CC(C)(C)C)N(Cc1ncc(N2CC[C@](C)(F)C2)cn1)C(=O)c1cccc(S(=O)(=O)Nc2nc(-c3c(C)cccc3C)cc(=O)[nH]2)c1. The first-order valence-electron chi connectivity index (χ1n) is 16.8. The molecule has 1 aliphatic heterocycles. The van der Waals surface area contributed by atoms with E-state index < -0.39 is 21.3 Å². The number of H-pyrrole nitrogens is 1. The van der Waals surface area contributed by atoms with Crippen LogP contribution >= 0.6 is 0 Å². The molecule has 11 nitrogen and oxygen atoms in total. The maximum absolute atomic E-state index is 14.5. The molecule has 1 aliphatic rings. The number of aromatic amines is 1. The third kappa shape index (κ3) is 8.73. The van der Waals surface area contributed by atoms with Gasteiger partial charge < -0.3 is 9.80 Å². The normalized spacial score (nSPS) is 17.1. The van der Waals surface area contributed by atoms with Crippen molar-refractivity contribution in [2.75, 3.05) is 22.7 Å². The van der Waals surface area contributed by atoms with Gasteiger partial charge in [-0.05, 0) is 68.4 Å². The summed E-state index contributed by atoms with van der Waals surface area (Å²) in [5, 5.41) is 0. The van der Waals surface area contributed by atoms with E-state index in [1.807, 2.05) is 43.9 Å². The Morgan fingerprint density at radius 3 is 2.36 bits per heavy atom. The summed E-state index contributed by atoms with van der Waals surface area (Å²) < 4.78 is 44.1. The number of nitrogens with zero attached hydrogens (tertiary/aromatic N) is 5. The molecule has 5 rings (SSSR count). The topological polar surface area (TPSA) is 141 Å². The number of aryl methyl sites for hydroxylation is 2. The van der Waals surface area contributed by atoms with Gasteiger partial charge in [0.25, 0.3) is 21.5 Å². The Balaban J connectivity index is 1.42. The van der Waals surface area contributed by atoms with E-state index in [4.69, 9.17) is 0 Å². The number of aromatic nitrogens is 4. The van der Waals surface area contributed by atoms with Crippen molar-refractivity contribution < 1.29 is 17.6 Å². The molecule has 4 aromatic rings. The number of carbonyl (C=O) groups excluding carboxylic acids is 1. The molecule has 1 saturated heterocycles. The van der Waals surface area contributed by atoms with Gasteiger partial charge in [-0.15, -0.1) is 0 Å². The van der Waals surface area contributed by atoms with Crippen LogP contribution in [0.3, 0.4) is 0 Å². The average Bonchev–Trinajstić information content (AvgIpc) is 3.41. The summed E-state index contributed by atoms with van der Waals surface area (Å²) in [6.45, 7) is 14.6. The molecule has 13 heteroatoms. The van der Waals surface area contributed by atoms with Crippen LogP contribution < -0.4 is 15.2 Å². The lowest BCUT2D eigenvalue weighted by Crippen LogP contribution is -2.42. The lowest BCUT2D eigenvalue weighted by Gasteiger charge is -2.35. The highest BCUT2D eigenvalue weighted by Crippen LogP contribution is 2.30. The fourth-order valence-corrected chi connectivity index (χ4v) is 7.45. The maximum atomic E-state index is 14.5. The third-order valence-corrected chi connectivity index (χ3v) is 10.3. The Kier molecular flexibility index (Phi) is 10.5. The van der Waals surface area contributed by atoms with Crippen molar-refractivity contribution in [3.63, 3.8) is 0 Å². The number of rotatable bonds is 11. The van der Waals surface area contributed by atoms with Gasteiger partial charge in [0.15, 0.2) is 0 Å². The number of hydrogen-bond acceptors (Lipinski definition) is 8. The molecule has 0 unspecified atom stereocenters. The number of alkyl halides is 1. The van der Waals surface area contributed by atoms with Crippen LogP contribution in [0, 0.1) is 19.3 Å². The molecule has 50 heavy (non-hydrogen) atoms. The van der Waals surface area contributed by atoms with Crippen molar-refractivity contribution in [1.82, 2.24) is 24.8 Å². The number of anilines is 2. The van der Waals surface area contributed by atoms with Crippen LogP contribution in [-0.4, -0.2) is 64.0 Å². The van der Waals surface area contributed by atoms with Gasteiger partial charge in [0.05, 0.1) is 41.8 Å². The van der Waals surface area contributed by atoms with E-state index in [1.54, 1.807) is 30.3 Å². The predicted octanol–water partition coefficient (Wildman–Crippen LogP) is 6.44. The Hall–Kier alpha value is -4.65. The molecule has 0 saturated carbocycles. The number of sulfonamides is 1. The van der Waals surface area contributed by atoms with E-state index >= 15 is 0 Å². The number of hydrogen-bond donors (Lipinski definition) is 2. The molecule has 2 aromatic heterocycles. The Bertz CT molecular complexity index is 2000. The Morgan fingerprint density at radius 2 is 1.76 bits per heavy atom. The highest BCUT2D eigenvalue weighted by atomic mass is 32.2. The highest BCUT2D eigenvalue weighted by molar-refractivity contribution is 7.92. The minimum Gasteiger partial charge on any atom is -0.366 e. The van der Waals surface area contributed by atoms with Crippen molar-refractivity contribution >= 4 is 27.6 Å². The first-order valence-corrected chi connectivity index (χ1v) is 18.3. The first kappa shape index (κ1) is 36.6. The zero-order valence-corrected chi connectivity index (χ0v) is 30.6. The van der Waals surface area contributed by atoms with Gasteiger partial charge in [-0.2, -0.15) is 0 Å². The van der Waals surface area contributed by atoms with Gasteiger partial charge in [0.1, 0.15) is 11.5 Å². The van der Waals surface area contributed by atoms with E-state index in [1.165, 1.54) is 24.3 Å². The van der Waals surface area contributed by atoms with Gasteiger partial charge in [-0.25, -0.2) is 32.5 Å². The van der Waals surface area contributed by atoms with Gasteiger partial charge >= 0.3 is 0 Å². The van der Waals surface area contributed by atoms with Crippen LogP contribution in [0.15, 0.2) is 70.6 Å². The zero-order chi connectivity index (χ0) is 36.4. The molecule has 1 fully saturated rings. The van der Waals surface area contributed by atoms with Gasteiger partial charge in [-0.3, -0.25) is 14.6 Å². The second-order valence-electron chi connectivity index (χ2n) is 14.6. The largest absolute Gasteiger partial charge is 0.366 e. The van der Waals surface area contributed by atoms with E-state index in [0.29, 0.717) is 37.3 Å². The van der Waals surface area contributed by atoms with Crippen molar-refractivity contribution in [3.8, 4) is 11.3 Å². The van der Waals surface area contributed by atoms with Crippen LogP contribution in [-0.2, 0) is 16.6 Å². The summed E-state index contributed by atoms with van der Waals surface area (Å²) in [7, 11) is -4.28. The molecule has 1 amide bonds. The fraction of sp³-hybridized carbons (Fsp3) is 0.432. The molecule has 266 valence electrons.